The second-order valence-corrected chi connectivity index (χ2v) is 6.31. The molecule has 4 nitrogen and oxygen atoms in total. The van der Waals surface area contributed by atoms with Gasteiger partial charge in [-0.2, -0.15) is 0 Å². The molecule has 0 spiro atoms. The number of aryl methyl sites for hydroxylation is 1. The molecule has 0 fully saturated rings. The molecule has 1 atom stereocenters. The Morgan fingerprint density at radius 2 is 2.10 bits per heavy atom. The third-order valence-electron chi connectivity index (χ3n) is 3.12. The maximum atomic E-state index is 11.3. The number of hydrogen-bond donors (Lipinski definition) is 1. The second-order valence-electron chi connectivity index (χ2n) is 4.89. The summed E-state index contributed by atoms with van der Waals surface area (Å²) in [7, 11) is 1.66. The lowest BCUT2D eigenvalue weighted by Crippen LogP contribution is -2.21. The highest BCUT2D eigenvalue weighted by atomic mass is 32.2. The Hall–Kier alpha value is -1.75. The number of oxazole rings is 1. The van der Waals surface area contributed by atoms with Crippen LogP contribution in [-0.4, -0.2) is 23.2 Å². The number of carbonyl (C=O) groups is 1. The Morgan fingerprint density at radius 1 is 1.38 bits per heavy atom. The molecule has 1 amide bonds. The van der Waals surface area contributed by atoms with Gasteiger partial charge in [0.2, 0.25) is 11.8 Å². The summed E-state index contributed by atoms with van der Waals surface area (Å²) in [6, 6.07) is 9.97. The molecule has 1 heterocycles. The largest absolute Gasteiger partial charge is 0.440 e. The van der Waals surface area contributed by atoms with Gasteiger partial charge in [0.05, 0.1) is 11.4 Å². The van der Waals surface area contributed by atoms with E-state index < -0.39 is 0 Å². The van der Waals surface area contributed by atoms with Crippen molar-refractivity contribution in [3.63, 3.8) is 0 Å². The van der Waals surface area contributed by atoms with Gasteiger partial charge in [0.1, 0.15) is 0 Å². The highest BCUT2D eigenvalue weighted by Crippen LogP contribution is 2.27. The molecule has 1 N–H and O–H groups in total. The molecule has 1 aromatic heterocycles. The van der Waals surface area contributed by atoms with Gasteiger partial charge < -0.3 is 9.73 Å². The van der Waals surface area contributed by atoms with Crippen LogP contribution in [0.2, 0.25) is 0 Å². The standard InChI is InChI=1S/C16H20N2O2S/c1-11(9-14(19)17-3)21-10-15-18-12(2)16(20-15)13-7-5-4-6-8-13/h4-8,11H,9-10H2,1-3H3,(H,17,19). The van der Waals surface area contributed by atoms with Crippen molar-refractivity contribution in [2.24, 2.45) is 0 Å². The summed E-state index contributed by atoms with van der Waals surface area (Å²) in [5, 5.41) is 2.87. The van der Waals surface area contributed by atoms with E-state index in [0.717, 1.165) is 17.0 Å². The number of rotatable bonds is 6. The molecule has 0 aliphatic rings. The van der Waals surface area contributed by atoms with E-state index in [9.17, 15) is 4.79 Å². The van der Waals surface area contributed by atoms with Gasteiger partial charge in [0.15, 0.2) is 5.76 Å². The number of hydrogen-bond acceptors (Lipinski definition) is 4. The molecular formula is C16H20N2O2S. The molecule has 1 unspecified atom stereocenters. The fourth-order valence-corrected chi connectivity index (χ4v) is 2.83. The van der Waals surface area contributed by atoms with Crippen molar-refractivity contribution in [3.8, 4) is 11.3 Å². The first-order valence-corrected chi connectivity index (χ1v) is 7.99. The van der Waals surface area contributed by atoms with Crippen LogP contribution in [0.5, 0.6) is 0 Å². The maximum Gasteiger partial charge on any atom is 0.220 e. The van der Waals surface area contributed by atoms with Crippen molar-refractivity contribution in [1.29, 1.82) is 0 Å². The fraction of sp³-hybridized carbons (Fsp3) is 0.375. The highest BCUT2D eigenvalue weighted by Gasteiger charge is 2.14. The van der Waals surface area contributed by atoms with E-state index in [1.807, 2.05) is 44.2 Å². The molecular weight excluding hydrogens is 284 g/mol. The van der Waals surface area contributed by atoms with Crippen LogP contribution in [0.25, 0.3) is 11.3 Å². The third-order valence-corrected chi connectivity index (χ3v) is 4.27. The van der Waals surface area contributed by atoms with Crippen LogP contribution in [0.4, 0.5) is 0 Å². The van der Waals surface area contributed by atoms with Crippen molar-refractivity contribution in [3.05, 3.63) is 41.9 Å². The molecule has 21 heavy (non-hydrogen) atoms. The van der Waals surface area contributed by atoms with E-state index in [1.165, 1.54) is 0 Å². The lowest BCUT2D eigenvalue weighted by Gasteiger charge is -2.08. The first kappa shape index (κ1) is 15.6. The maximum absolute atomic E-state index is 11.3. The Labute approximate surface area is 129 Å². The molecule has 1 aromatic carbocycles. The molecule has 0 bridgehead atoms. The van der Waals surface area contributed by atoms with Crippen LogP contribution in [-0.2, 0) is 10.5 Å². The zero-order valence-corrected chi connectivity index (χ0v) is 13.4. The van der Waals surface area contributed by atoms with E-state index in [2.05, 4.69) is 10.3 Å². The molecule has 0 aliphatic carbocycles. The zero-order valence-electron chi connectivity index (χ0n) is 12.6. The summed E-state index contributed by atoms with van der Waals surface area (Å²) in [5.74, 6) is 2.26. The number of benzene rings is 1. The summed E-state index contributed by atoms with van der Waals surface area (Å²) >= 11 is 1.67. The highest BCUT2D eigenvalue weighted by molar-refractivity contribution is 7.99. The smallest absolute Gasteiger partial charge is 0.220 e. The van der Waals surface area contributed by atoms with Crippen molar-refractivity contribution in [2.75, 3.05) is 7.05 Å². The predicted molar refractivity (Wildman–Crippen MR) is 86.1 cm³/mol. The van der Waals surface area contributed by atoms with E-state index in [0.29, 0.717) is 18.1 Å². The minimum atomic E-state index is 0.0589. The van der Waals surface area contributed by atoms with Crippen LogP contribution >= 0.6 is 11.8 Å². The van der Waals surface area contributed by atoms with Crippen molar-refractivity contribution in [1.82, 2.24) is 10.3 Å². The predicted octanol–water partition coefficient (Wildman–Crippen LogP) is 3.41. The Morgan fingerprint density at radius 3 is 2.76 bits per heavy atom. The van der Waals surface area contributed by atoms with Gasteiger partial charge in [-0.1, -0.05) is 37.3 Å². The van der Waals surface area contributed by atoms with E-state index in [-0.39, 0.29) is 11.2 Å². The Bertz CT molecular complexity index is 596. The molecule has 112 valence electrons. The van der Waals surface area contributed by atoms with Gasteiger partial charge >= 0.3 is 0 Å². The van der Waals surface area contributed by atoms with Gasteiger partial charge in [0.25, 0.3) is 0 Å². The summed E-state index contributed by atoms with van der Waals surface area (Å²) in [4.78, 5) is 15.8. The summed E-state index contributed by atoms with van der Waals surface area (Å²) in [6.45, 7) is 3.99. The SMILES string of the molecule is CNC(=O)CC(C)SCc1nc(C)c(-c2ccccc2)o1. The molecule has 0 saturated heterocycles. The van der Waals surface area contributed by atoms with Crippen molar-refractivity contribution < 1.29 is 9.21 Å². The first-order valence-electron chi connectivity index (χ1n) is 6.94. The molecule has 5 heteroatoms. The summed E-state index contributed by atoms with van der Waals surface area (Å²) in [6.07, 6.45) is 0.506. The van der Waals surface area contributed by atoms with Gasteiger partial charge in [-0.15, -0.1) is 11.8 Å². The number of amides is 1. The minimum Gasteiger partial charge on any atom is -0.440 e. The normalized spacial score (nSPS) is 12.1. The van der Waals surface area contributed by atoms with Crippen LogP contribution < -0.4 is 5.32 Å². The van der Waals surface area contributed by atoms with Gasteiger partial charge in [-0.25, -0.2) is 4.98 Å². The lowest BCUT2D eigenvalue weighted by atomic mass is 10.1. The number of aromatic nitrogens is 1. The molecule has 2 rings (SSSR count). The average Bonchev–Trinajstić information content (AvgIpc) is 2.87. The number of nitrogens with zero attached hydrogens (tertiary/aromatic N) is 1. The van der Waals surface area contributed by atoms with Crippen molar-refractivity contribution in [2.45, 2.75) is 31.3 Å². The number of nitrogens with one attached hydrogen (secondary N) is 1. The average molecular weight is 304 g/mol. The number of thioether (sulfide) groups is 1. The van der Waals surface area contributed by atoms with Gasteiger partial charge in [-0.3, -0.25) is 4.79 Å². The Kier molecular flexibility index (Phi) is 5.44. The van der Waals surface area contributed by atoms with E-state index >= 15 is 0 Å². The first-order chi connectivity index (χ1) is 10.1. The molecule has 0 aliphatic heterocycles. The summed E-state index contributed by atoms with van der Waals surface area (Å²) in [5.41, 5.74) is 1.94. The van der Waals surface area contributed by atoms with Crippen LogP contribution in [0.1, 0.15) is 24.9 Å². The minimum absolute atomic E-state index is 0.0589. The van der Waals surface area contributed by atoms with E-state index in [4.69, 9.17) is 4.42 Å². The summed E-state index contributed by atoms with van der Waals surface area (Å²) < 4.78 is 5.85. The van der Waals surface area contributed by atoms with Crippen LogP contribution in [0, 0.1) is 6.92 Å². The van der Waals surface area contributed by atoms with Crippen molar-refractivity contribution >= 4 is 17.7 Å². The lowest BCUT2D eigenvalue weighted by molar-refractivity contribution is -0.120. The molecule has 0 saturated carbocycles. The van der Waals surface area contributed by atoms with Crippen LogP contribution in [0.15, 0.2) is 34.7 Å². The molecule has 0 radical (unpaired) electrons. The van der Waals surface area contributed by atoms with Gasteiger partial charge in [0, 0.05) is 24.3 Å². The third kappa shape index (κ3) is 4.36. The number of carbonyl (C=O) groups excluding carboxylic acids is 1. The monoisotopic (exact) mass is 304 g/mol. The quantitative estimate of drug-likeness (QED) is 0.888. The topological polar surface area (TPSA) is 55.1 Å². The van der Waals surface area contributed by atoms with Crippen LogP contribution in [0.3, 0.4) is 0 Å². The second kappa shape index (κ2) is 7.31. The molecule has 2 aromatic rings. The fourth-order valence-electron chi connectivity index (χ4n) is 2.01. The van der Waals surface area contributed by atoms with E-state index in [1.54, 1.807) is 18.8 Å². The Balaban J connectivity index is 1.98. The van der Waals surface area contributed by atoms with Gasteiger partial charge in [-0.05, 0) is 6.92 Å². The zero-order chi connectivity index (χ0) is 15.2.